The highest BCUT2D eigenvalue weighted by Crippen LogP contribution is 2.25. The molecule has 158 valence electrons. The second-order valence-corrected chi connectivity index (χ2v) is 7.56. The summed E-state index contributed by atoms with van der Waals surface area (Å²) >= 11 is 12.2. The van der Waals surface area contributed by atoms with Gasteiger partial charge in [-0.1, -0.05) is 59.6 Å². The zero-order valence-electron chi connectivity index (χ0n) is 16.4. The topological polar surface area (TPSA) is 72.4 Å². The van der Waals surface area contributed by atoms with E-state index in [-0.39, 0.29) is 35.6 Å². The summed E-state index contributed by atoms with van der Waals surface area (Å²) in [5.41, 5.74) is 8.97. The number of hydrogen-bond acceptors (Lipinski definition) is 2. The molecule has 0 amide bonds. The Morgan fingerprint density at radius 2 is 1.80 bits per heavy atom. The zero-order valence-corrected chi connectivity index (χ0v) is 20.2. The zero-order chi connectivity index (χ0) is 20.8. The molecule has 0 radical (unpaired) electrons. The summed E-state index contributed by atoms with van der Waals surface area (Å²) in [6, 6.07) is 18.3. The van der Waals surface area contributed by atoms with Crippen LogP contribution in [-0.4, -0.2) is 10.5 Å². The molecular formula is C22H23Cl2IN4O. The molecule has 1 atom stereocenters. The highest BCUT2D eigenvalue weighted by Gasteiger charge is 2.10. The van der Waals surface area contributed by atoms with Crippen LogP contribution in [0, 0.1) is 0 Å². The van der Waals surface area contributed by atoms with Gasteiger partial charge in [0.05, 0.1) is 19.1 Å². The van der Waals surface area contributed by atoms with E-state index in [4.69, 9.17) is 28.9 Å². The SMILES string of the molecule is CC(NC(N)=NCc1ccc(Cn2ccccc2=O)cc1)c1ccc(Cl)cc1Cl.I. The highest BCUT2D eigenvalue weighted by atomic mass is 127. The fraction of sp³-hybridized carbons (Fsp3) is 0.182. The third-order valence-corrected chi connectivity index (χ3v) is 5.06. The number of guanidine groups is 1. The Hall–Kier alpha value is -2.03. The van der Waals surface area contributed by atoms with Crippen LogP contribution in [0.15, 0.2) is 76.6 Å². The second kappa shape index (κ2) is 11.4. The van der Waals surface area contributed by atoms with Crippen molar-refractivity contribution < 1.29 is 0 Å². The van der Waals surface area contributed by atoms with E-state index in [2.05, 4.69) is 10.3 Å². The summed E-state index contributed by atoms with van der Waals surface area (Å²) in [7, 11) is 0. The minimum atomic E-state index is -0.102. The largest absolute Gasteiger partial charge is 0.370 e. The first kappa shape index (κ1) is 24.2. The normalized spacial score (nSPS) is 12.2. The molecule has 2 aromatic carbocycles. The first-order chi connectivity index (χ1) is 13.9. The van der Waals surface area contributed by atoms with Crippen molar-refractivity contribution in [2.24, 2.45) is 10.7 Å². The number of nitrogens with zero attached hydrogens (tertiary/aromatic N) is 2. The van der Waals surface area contributed by atoms with Crippen LogP contribution in [0.1, 0.15) is 29.7 Å². The Labute approximate surface area is 202 Å². The number of nitrogens with two attached hydrogens (primary N) is 1. The van der Waals surface area contributed by atoms with Crippen molar-refractivity contribution in [3.63, 3.8) is 0 Å². The number of rotatable bonds is 6. The molecule has 0 aliphatic heterocycles. The van der Waals surface area contributed by atoms with Gasteiger partial charge in [0, 0.05) is 22.3 Å². The van der Waals surface area contributed by atoms with Crippen LogP contribution in [0.5, 0.6) is 0 Å². The van der Waals surface area contributed by atoms with Gasteiger partial charge >= 0.3 is 0 Å². The number of nitrogens with one attached hydrogen (secondary N) is 1. The molecule has 0 saturated heterocycles. The van der Waals surface area contributed by atoms with Gasteiger partial charge in [-0.3, -0.25) is 4.79 Å². The van der Waals surface area contributed by atoms with E-state index >= 15 is 0 Å². The number of pyridine rings is 1. The Morgan fingerprint density at radius 3 is 2.47 bits per heavy atom. The standard InChI is InChI=1S/C22H22Cl2N4O.HI/c1-15(19-10-9-18(23)12-20(19)24)27-22(25)26-13-16-5-7-17(8-6-16)14-28-11-3-2-4-21(28)29;/h2-12,15H,13-14H2,1H3,(H3,25,26,27);1H. The van der Waals surface area contributed by atoms with E-state index < -0.39 is 0 Å². The number of benzene rings is 2. The summed E-state index contributed by atoms with van der Waals surface area (Å²) in [6.45, 7) is 2.94. The Kier molecular flexibility index (Phi) is 9.20. The molecule has 0 bridgehead atoms. The minimum Gasteiger partial charge on any atom is -0.370 e. The van der Waals surface area contributed by atoms with E-state index in [0.29, 0.717) is 29.1 Å². The summed E-state index contributed by atoms with van der Waals surface area (Å²) < 4.78 is 1.67. The summed E-state index contributed by atoms with van der Waals surface area (Å²) in [5, 5.41) is 4.31. The van der Waals surface area contributed by atoms with Crippen molar-refractivity contribution >= 4 is 53.1 Å². The van der Waals surface area contributed by atoms with Gasteiger partial charge in [0.1, 0.15) is 0 Å². The van der Waals surface area contributed by atoms with Crippen molar-refractivity contribution in [3.8, 4) is 0 Å². The fourth-order valence-corrected chi connectivity index (χ4v) is 3.48. The quantitative estimate of drug-likeness (QED) is 0.255. The lowest BCUT2D eigenvalue weighted by Crippen LogP contribution is -2.34. The number of halogens is 3. The molecule has 0 spiro atoms. The number of hydrogen-bond donors (Lipinski definition) is 2. The van der Waals surface area contributed by atoms with Crippen molar-refractivity contribution in [2.75, 3.05) is 0 Å². The van der Waals surface area contributed by atoms with Crippen molar-refractivity contribution in [1.82, 2.24) is 9.88 Å². The van der Waals surface area contributed by atoms with E-state index in [9.17, 15) is 4.79 Å². The Morgan fingerprint density at radius 1 is 1.10 bits per heavy atom. The first-order valence-electron chi connectivity index (χ1n) is 9.17. The van der Waals surface area contributed by atoms with Crippen molar-refractivity contribution in [2.45, 2.75) is 26.1 Å². The third-order valence-electron chi connectivity index (χ3n) is 4.50. The van der Waals surface area contributed by atoms with Crippen LogP contribution in [-0.2, 0) is 13.1 Å². The Balaban J connectivity index is 0.00000320. The third kappa shape index (κ3) is 6.75. The van der Waals surface area contributed by atoms with Gasteiger partial charge in [-0.2, -0.15) is 0 Å². The molecule has 5 nitrogen and oxygen atoms in total. The minimum absolute atomic E-state index is 0. The van der Waals surface area contributed by atoms with Gasteiger partial charge in [-0.05, 0) is 41.8 Å². The van der Waals surface area contributed by atoms with Crippen LogP contribution in [0.2, 0.25) is 10.0 Å². The maximum absolute atomic E-state index is 11.8. The van der Waals surface area contributed by atoms with Crippen LogP contribution in [0.4, 0.5) is 0 Å². The predicted molar refractivity (Wildman–Crippen MR) is 135 cm³/mol. The monoisotopic (exact) mass is 556 g/mol. The van der Waals surface area contributed by atoms with Crippen LogP contribution in [0.3, 0.4) is 0 Å². The van der Waals surface area contributed by atoms with Crippen LogP contribution >= 0.6 is 47.2 Å². The fourth-order valence-electron chi connectivity index (χ4n) is 2.91. The average Bonchev–Trinajstić information content (AvgIpc) is 2.69. The van der Waals surface area contributed by atoms with Gasteiger partial charge in [-0.25, -0.2) is 4.99 Å². The van der Waals surface area contributed by atoms with Crippen molar-refractivity contribution in [1.29, 1.82) is 0 Å². The van der Waals surface area contributed by atoms with E-state index in [1.165, 1.54) is 0 Å². The van der Waals surface area contributed by atoms with Gasteiger partial charge in [0.2, 0.25) is 0 Å². The molecule has 0 saturated carbocycles. The van der Waals surface area contributed by atoms with E-state index in [0.717, 1.165) is 16.7 Å². The molecule has 0 aliphatic carbocycles. The van der Waals surface area contributed by atoms with Gasteiger partial charge in [0.15, 0.2) is 5.96 Å². The van der Waals surface area contributed by atoms with Gasteiger partial charge < -0.3 is 15.6 Å². The second-order valence-electron chi connectivity index (χ2n) is 6.72. The molecule has 30 heavy (non-hydrogen) atoms. The van der Waals surface area contributed by atoms with E-state index in [1.807, 2.05) is 43.3 Å². The lowest BCUT2D eigenvalue weighted by atomic mass is 10.1. The van der Waals surface area contributed by atoms with Crippen molar-refractivity contribution in [3.05, 3.63) is 104 Å². The molecule has 3 aromatic rings. The molecule has 1 heterocycles. The molecule has 1 aromatic heterocycles. The number of aliphatic imine (C=N–C) groups is 1. The number of aromatic nitrogens is 1. The lowest BCUT2D eigenvalue weighted by molar-refractivity contribution is 0.708. The molecule has 3 rings (SSSR count). The van der Waals surface area contributed by atoms with Crippen LogP contribution < -0.4 is 16.6 Å². The molecule has 0 fully saturated rings. The Bertz CT molecular complexity index is 1070. The summed E-state index contributed by atoms with van der Waals surface area (Å²) in [4.78, 5) is 16.2. The smallest absolute Gasteiger partial charge is 0.250 e. The molecule has 8 heteroatoms. The molecule has 1 unspecified atom stereocenters. The van der Waals surface area contributed by atoms with Crippen LogP contribution in [0.25, 0.3) is 0 Å². The first-order valence-corrected chi connectivity index (χ1v) is 9.92. The van der Waals surface area contributed by atoms with E-state index in [1.54, 1.807) is 35.0 Å². The average molecular weight is 557 g/mol. The summed E-state index contributed by atoms with van der Waals surface area (Å²) in [5.74, 6) is 0.337. The summed E-state index contributed by atoms with van der Waals surface area (Å²) in [6.07, 6.45) is 1.78. The van der Waals surface area contributed by atoms with Gasteiger partial charge in [0.25, 0.3) is 5.56 Å². The highest BCUT2D eigenvalue weighted by molar-refractivity contribution is 14.0. The molecule has 3 N–H and O–H groups in total. The maximum atomic E-state index is 11.8. The lowest BCUT2D eigenvalue weighted by Gasteiger charge is -2.16. The van der Waals surface area contributed by atoms with Gasteiger partial charge in [-0.15, -0.1) is 24.0 Å². The maximum Gasteiger partial charge on any atom is 0.250 e. The predicted octanol–water partition coefficient (Wildman–Crippen LogP) is 4.99. The molecule has 0 aliphatic rings. The molecular weight excluding hydrogens is 534 g/mol.